The molecule has 0 saturated heterocycles. The first-order valence-corrected chi connectivity index (χ1v) is 10.3. The van der Waals surface area contributed by atoms with E-state index >= 15 is 0 Å². The van der Waals surface area contributed by atoms with Crippen molar-refractivity contribution in [3.05, 3.63) is 18.0 Å². The Kier molecular flexibility index (Phi) is 7.75. The Bertz CT molecular complexity index is 557. The van der Waals surface area contributed by atoms with Crippen molar-refractivity contribution in [1.29, 1.82) is 0 Å². The van der Waals surface area contributed by atoms with Crippen LogP contribution in [0.1, 0.15) is 44.6 Å². The van der Waals surface area contributed by atoms with Gasteiger partial charge >= 0.3 is 0 Å². The topological polar surface area (TPSA) is 71.3 Å². The van der Waals surface area contributed by atoms with Crippen LogP contribution in [0.5, 0.6) is 0 Å². The van der Waals surface area contributed by atoms with Gasteiger partial charge in [-0.05, 0) is 38.2 Å². The first-order valence-electron chi connectivity index (χ1n) is 8.95. The van der Waals surface area contributed by atoms with E-state index in [2.05, 4.69) is 33.8 Å². The van der Waals surface area contributed by atoms with Crippen molar-refractivity contribution in [3.63, 3.8) is 0 Å². The lowest BCUT2D eigenvalue weighted by atomic mass is 9.95. The molecule has 2 N–H and O–H groups in total. The van der Waals surface area contributed by atoms with Gasteiger partial charge in [0.25, 0.3) is 0 Å². The van der Waals surface area contributed by atoms with Crippen LogP contribution in [-0.4, -0.2) is 50.6 Å². The van der Waals surface area contributed by atoms with E-state index in [0.29, 0.717) is 11.3 Å². The van der Waals surface area contributed by atoms with Gasteiger partial charge in [0, 0.05) is 54.2 Å². The maximum atomic E-state index is 12.0. The summed E-state index contributed by atoms with van der Waals surface area (Å²) in [4.78, 5) is 4.32. The Balaban J connectivity index is 1.70. The first kappa shape index (κ1) is 19.0. The molecule has 1 fully saturated rings. The lowest BCUT2D eigenvalue weighted by Crippen LogP contribution is -2.46. The van der Waals surface area contributed by atoms with E-state index in [-0.39, 0.29) is 0 Å². The second kappa shape index (κ2) is 9.81. The van der Waals surface area contributed by atoms with Crippen LogP contribution in [0.25, 0.3) is 0 Å². The fraction of sp³-hybridized carbons (Fsp3) is 0.765. The van der Waals surface area contributed by atoms with Gasteiger partial charge in [0.2, 0.25) is 0 Å². The molecule has 7 heteroatoms. The molecule has 2 rings (SSSR count). The molecule has 3 unspecified atom stereocenters. The maximum Gasteiger partial charge on any atom is 0.191 e. The average Bonchev–Trinajstić information content (AvgIpc) is 3.02. The molecule has 1 saturated carbocycles. The fourth-order valence-corrected chi connectivity index (χ4v) is 4.52. The Morgan fingerprint density at radius 1 is 1.50 bits per heavy atom. The molecule has 0 bridgehead atoms. The van der Waals surface area contributed by atoms with Crippen molar-refractivity contribution in [2.45, 2.75) is 63.8 Å². The quantitative estimate of drug-likeness (QED) is 0.446. The van der Waals surface area contributed by atoms with E-state index in [0.717, 1.165) is 56.9 Å². The SMILES string of the molecule is CCS(=O)C1CCCC(NC(=NC)NCCCn2cc(C)cn2)C1. The summed E-state index contributed by atoms with van der Waals surface area (Å²) in [7, 11) is 1.12. The van der Waals surface area contributed by atoms with E-state index in [1.165, 1.54) is 5.56 Å². The standard InChI is InChI=1S/C17H31N5OS/c1-4-24(23)16-8-5-7-15(11-16)21-17(18-3)19-9-6-10-22-13-14(2)12-20-22/h12-13,15-16H,4-11H2,1-3H3,(H2,18,19,21). The number of aromatic nitrogens is 2. The summed E-state index contributed by atoms with van der Waals surface area (Å²) in [6.07, 6.45) is 9.28. The minimum atomic E-state index is -0.687. The zero-order chi connectivity index (χ0) is 17.4. The van der Waals surface area contributed by atoms with Gasteiger partial charge in [-0.25, -0.2) is 0 Å². The normalized spacial score (nSPS) is 23.0. The molecule has 1 aliphatic carbocycles. The largest absolute Gasteiger partial charge is 0.356 e. The van der Waals surface area contributed by atoms with Gasteiger partial charge in [-0.2, -0.15) is 5.10 Å². The smallest absolute Gasteiger partial charge is 0.191 e. The van der Waals surface area contributed by atoms with Gasteiger partial charge in [-0.15, -0.1) is 0 Å². The molecule has 1 heterocycles. The zero-order valence-electron chi connectivity index (χ0n) is 15.1. The monoisotopic (exact) mass is 353 g/mol. The highest BCUT2D eigenvalue weighted by molar-refractivity contribution is 7.85. The number of hydrogen-bond acceptors (Lipinski definition) is 3. The third-order valence-corrected chi connectivity index (χ3v) is 6.21. The summed E-state index contributed by atoms with van der Waals surface area (Å²) < 4.78 is 14.0. The number of hydrogen-bond donors (Lipinski definition) is 2. The number of guanidine groups is 1. The van der Waals surface area contributed by atoms with E-state index < -0.39 is 10.8 Å². The molecule has 1 aliphatic rings. The van der Waals surface area contributed by atoms with Crippen LogP contribution in [0, 0.1) is 6.92 Å². The molecule has 0 aromatic carbocycles. The highest BCUT2D eigenvalue weighted by Gasteiger charge is 2.25. The highest BCUT2D eigenvalue weighted by Crippen LogP contribution is 2.22. The Morgan fingerprint density at radius 2 is 2.33 bits per heavy atom. The third kappa shape index (κ3) is 5.92. The Labute approximate surface area is 148 Å². The van der Waals surface area contributed by atoms with Gasteiger partial charge < -0.3 is 10.6 Å². The summed E-state index contributed by atoms with van der Waals surface area (Å²) in [6, 6.07) is 0.374. The number of nitrogens with zero attached hydrogens (tertiary/aromatic N) is 3. The van der Waals surface area contributed by atoms with Crippen LogP contribution in [0.15, 0.2) is 17.4 Å². The molecule has 1 aromatic rings. The predicted molar refractivity (Wildman–Crippen MR) is 101 cm³/mol. The van der Waals surface area contributed by atoms with E-state index in [1.54, 1.807) is 7.05 Å². The van der Waals surface area contributed by atoms with Crippen LogP contribution in [0.4, 0.5) is 0 Å². The third-order valence-electron chi connectivity index (χ3n) is 4.47. The Morgan fingerprint density at radius 3 is 3.00 bits per heavy atom. The van der Waals surface area contributed by atoms with Crippen LogP contribution >= 0.6 is 0 Å². The van der Waals surface area contributed by atoms with Crippen LogP contribution < -0.4 is 10.6 Å². The van der Waals surface area contributed by atoms with Gasteiger partial charge in [-0.3, -0.25) is 13.9 Å². The molecule has 0 amide bonds. The van der Waals surface area contributed by atoms with Gasteiger partial charge in [-0.1, -0.05) is 13.3 Å². The summed E-state index contributed by atoms with van der Waals surface area (Å²) in [5, 5.41) is 11.5. The summed E-state index contributed by atoms with van der Waals surface area (Å²) in [5.74, 6) is 1.61. The average molecular weight is 354 g/mol. The van der Waals surface area contributed by atoms with E-state index in [4.69, 9.17) is 0 Å². The molecule has 6 nitrogen and oxygen atoms in total. The second-order valence-corrected chi connectivity index (χ2v) is 8.44. The van der Waals surface area contributed by atoms with E-state index in [9.17, 15) is 4.21 Å². The predicted octanol–water partition coefficient (Wildman–Crippen LogP) is 1.83. The minimum Gasteiger partial charge on any atom is -0.356 e. The molecule has 3 atom stereocenters. The molecule has 136 valence electrons. The van der Waals surface area contributed by atoms with Crippen LogP contribution in [0.2, 0.25) is 0 Å². The molecular weight excluding hydrogens is 322 g/mol. The van der Waals surface area contributed by atoms with E-state index in [1.807, 2.05) is 17.8 Å². The van der Waals surface area contributed by atoms with Crippen LogP contribution in [-0.2, 0) is 17.3 Å². The van der Waals surface area contributed by atoms with Crippen molar-refractivity contribution in [1.82, 2.24) is 20.4 Å². The fourth-order valence-electron chi connectivity index (χ4n) is 3.18. The highest BCUT2D eigenvalue weighted by atomic mass is 32.2. The number of rotatable bonds is 7. The number of nitrogens with one attached hydrogen (secondary N) is 2. The van der Waals surface area contributed by atoms with Gasteiger partial charge in [0.15, 0.2) is 5.96 Å². The van der Waals surface area contributed by atoms with Crippen molar-refractivity contribution >= 4 is 16.8 Å². The lowest BCUT2D eigenvalue weighted by molar-refractivity contribution is 0.413. The summed E-state index contributed by atoms with van der Waals surface area (Å²) >= 11 is 0. The molecule has 0 radical (unpaired) electrons. The van der Waals surface area contributed by atoms with Crippen molar-refractivity contribution in [2.24, 2.45) is 4.99 Å². The molecule has 0 aliphatic heterocycles. The Hall–Kier alpha value is -1.37. The van der Waals surface area contributed by atoms with Crippen molar-refractivity contribution in [2.75, 3.05) is 19.3 Å². The zero-order valence-corrected chi connectivity index (χ0v) is 15.9. The van der Waals surface area contributed by atoms with Gasteiger partial charge in [0.05, 0.1) is 6.20 Å². The molecule has 1 aromatic heterocycles. The second-order valence-electron chi connectivity index (χ2n) is 6.43. The lowest BCUT2D eigenvalue weighted by Gasteiger charge is -2.30. The van der Waals surface area contributed by atoms with Gasteiger partial charge in [0.1, 0.15) is 0 Å². The molecule has 0 spiro atoms. The van der Waals surface area contributed by atoms with Crippen molar-refractivity contribution in [3.8, 4) is 0 Å². The minimum absolute atomic E-state index is 0.336. The van der Waals surface area contributed by atoms with Crippen LogP contribution in [0.3, 0.4) is 0 Å². The summed E-state index contributed by atoms with van der Waals surface area (Å²) in [5.41, 5.74) is 1.19. The number of aliphatic imine (C=N–C) groups is 1. The first-order chi connectivity index (χ1) is 11.6. The molecular formula is C17H31N5OS. The molecule has 24 heavy (non-hydrogen) atoms. The summed E-state index contributed by atoms with van der Waals surface area (Å²) in [6.45, 7) is 5.82. The number of aryl methyl sites for hydroxylation is 2. The maximum absolute atomic E-state index is 12.0. The van der Waals surface area contributed by atoms with Crippen molar-refractivity contribution < 1.29 is 4.21 Å².